The van der Waals surface area contributed by atoms with Gasteiger partial charge in [0, 0.05) is 31.4 Å². The number of morpholine rings is 1. The summed E-state index contributed by atoms with van der Waals surface area (Å²) in [5.74, 6) is 0.722. The molecule has 2 rings (SSSR count). The molecule has 0 saturated carbocycles. The van der Waals surface area contributed by atoms with Gasteiger partial charge in [-0.25, -0.2) is 4.79 Å². The monoisotopic (exact) mass is 265 g/mol. The van der Waals surface area contributed by atoms with Crippen LogP contribution in [0.3, 0.4) is 0 Å². The summed E-state index contributed by atoms with van der Waals surface area (Å²) in [5.41, 5.74) is 5.70. The lowest BCUT2D eigenvalue weighted by molar-refractivity contribution is 0.0322. The van der Waals surface area contributed by atoms with Crippen LogP contribution in [0.2, 0.25) is 0 Å². The van der Waals surface area contributed by atoms with Crippen LogP contribution in [0.4, 0.5) is 10.5 Å². The minimum Gasteiger partial charge on any atom is -0.492 e. The van der Waals surface area contributed by atoms with Crippen LogP contribution in [-0.4, -0.2) is 50.4 Å². The zero-order chi connectivity index (χ0) is 13.5. The molecule has 1 aliphatic rings. The number of hydrogen-bond donors (Lipinski definition) is 2. The van der Waals surface area contributed by atoms with Crippen LogP contribution in [0.25, 0.3) is 0 Å². The molecular formula is C13H19N3O3. The van der Waals surface area contributed by atoms with Gasteiger partial charge in [-0.3, -0.25) is 4.90 Å². The molecule has 1 aromatic rings. The number of nitrogens with one attached hydrogen (secondary N) is 1. The van der Waals surface area contributed by atoms with Crippen molar-refractivity contribution in [2.75, 3.05) is 44.8 Å². The lowest BCUT2D eigenvalue weighted by Gasteiger charge is -2.26. The van der Waals surface area contributed by atoms with Crippen molar-refractivity contribution < 1.29 is 14.3 Å². The maximum absolute atomic E-state index is 10.8. The van der Waals surface area contributed by atoms with Gasteiger partial charge < -0.3 is 20.5 Å². The van der Waals surface area contributed by atoms with Gasteiger partial charge in [-0.05, 0) is 12.1 Å². The molecule has 2 amide bonds. The fraction of sp³-hybridized carbons (Fsp3) is 0.462. The largest absolute Gasteiger partial charge is 0.492 e. The third-order valence-electron chi connectivity index (χ3n) is 2.88. The van der Waals surface area contributed by atoms with Crippen LogP contribution in [-0.2, 0) is 4.74 Å². The van der Waals surface area contributed by atoms with Crippen LogP contribution < -0.4 is 15.8 Å². The van der Waals surface area contributed by atoms with E-state index in [1.165, 1.54) is 0 Å². The molecule has 6 heteroatoms. The number of rotatable bonds is 5. The van der Waals surface area contributed by atoms with E-state index in [0.29, 0.717) is 12.3 Å². The number of hydrogen-bond acceptors (Lipinski definition) is 4. The van der Waals surface area contributed by atoms with Crippen LogP contribution in [0.5, 0.6) is 5.75 Å². The van der Waals surface area contributed by atoms with E-state index in [2.05, 4.69) is 10.2 Å². The lowest BCUT2D eigenvalue weighted by atomic mass is 10.3. The number of urea groups is 1. The van der Waals surface area contributed by atoms with E-state index >= 15 is 0 Å². The number of primary amides is 1. The van der Waals surface area contributed by atoms with Gasteiger partial charge in [-0.2, -0.15) is 0 Å². The smallest absolute Gasteiger partial charge is 0.316 e. The zero-order valence-electron chi connectivity index (χ0n) is 10.8. The summed E-state index contributed by atoms with van der Waals surface area (Å²) in [6, 6.07) is 6.61. The SMILES string of the molecule is NC(=O)Nc1cccc(OCCN2CCOCC2)c1. The second-order valence-corrected chi connectivity index (χ2v) is 4.32. The first-order valence-electron chi connectivity index (χ1n) is 6.33. The summed E-state index contributed by atoms with van der Waals surface area (Å²) < 4.78 is 10.9. The average Bonchev–Trinajstić information content (AvgIpc) is 2.40. The number of carbonyl (C=O) groups is 1. The highest BCUT2D eigenvalue weighted by atomic mass is 16.5. The number of anilines is 1. The molecule has 104 valence electrons. The first kappa shape index (κ1) is 13.6. The molecule has 1 aliphatic heterocycles. The molecule has 0 radical (unpaired) electrons. The van der Waals surface area contributed by atoms with E-state index in [1.54, 1.807) is 12.1 Å². The van der Waals surface area contributed by atoms with Crippen molar-refractivity contribution in [3.63, 3.8) is 0 Å². The van der Waals surface area contributed by atoms with Crippen molar-refractivity contribution in [1.82, 2.24) is 4.90 Å². The van der Waals surface area contributed by atoms with Gasteiger partial charge in [0.1, 0.15) is 12.4 Å². The fourth-order valence-corrected chi connectivity index (χ4v) is 1.92. The molecule has 0 bridgehead atoms. The van der Waals surface area contributed by atoms with E-state index in [0.717, 1.165) is 38.6 Å². The minimum atomic E-state index is -0.578. The van der Waals surface area contributed by atoms with E-state index in [-0.39, 0.29) is 0 Å². The number of nitrogens with zero attached hydrogens (tertiary/aromatic N) is 1. The van der Waals surface area contributed by atoms with E-state index < -0.39 is 6.03 Å². The predicted octanol–water partition coefficient (Wildman–Crippen LogP) is 0.888. The second-order valence-electron chi connectivity index (χ2n) is 4.32. The molecule has 1 aromatic carbocycles. The van der Waals surface area contributed by atoms with Gasteiger partial charge in [-0.1, -0.05) is 6.07 Å². The molecule has 0 aromatic heterocycles. The van der Waals surface area contributed by atoms with Crippen molar-refractivity contribution in [2.45, 2.75) is 0 Å². The van der Waals surface area contributed by atoms with Crippen LogP contribution in [0.1, 0.15) is 0 Å². The summed E-state index contributed by atoms with van der Waals surface area (Å²) in [6.45, 7) is 4.96. The quantitative estimate of drug-likeness (QED) is 0.829. The summed E-state index contributed by atoms with van der Waals surface area (Å²) in [5, 5.41) is 2.52. The molecule has 3 N–H and O–H groups in total. The van der Waals surface area contributed by atoms with Crippen molar-refractivity contribution in [1.29, 1.82) is 0 Å². The number of benzene rings is 1. The molecule has 1 heterocycles. The van der Waals surface area contributed by atoms with Gasteiger partial charge >= 0.3 is 6.03 Å². The summed E-state index contributed by atoms with van der Waals surface area (Å²) >= 11 is 0. The lowest BCUT2D eigenvalue weighted by Crippen LogP contribution is -2.38. The van der Waals surface area contributed by atoms with Gasteiger partial charge in [0.15, 0.2) is 0 Å². The Labute approximate surface area is 112 Å². The Bertz CT molecular complexity index is 419. The van der Waals surface area contributed by atoms with Crippen molar-refractivity contribution >= 4 is 11.7 Å². The first-order valence-corrected chi connectivity index (χ1v) is 6.33. The van der Waals surface area contributed by atoms with E-state index in [4.69, 9.17) is 15.2 Å². The third-order valence-corrected chi connectivity index (χ3v) is 2.88. The zero-order valence-corrected chi connectivity index (χ0v) is 10.8. The molecular weight excluding hydrogens is 246 g/mol. The van der Waals surface area contributed by atoms with Gasteiger partial charge in [-0.15, -0.1) is 0 Å². The van der Waals surface area contributed by atoms with Crippen molar-refractivity contribution in [3.8, 4) is 5.75 Å². The van der Waals surface area contributed by atoms with Crippen LogP contribution >= 0.6 is 0 Å². The summed E-state index contributed by atoms with van der Waals surface area (Å²) in [6.07, 6.45) is 0. The Hall–Kier alpha value is -1.79. The number of amides is 2. The number of nitrogens with two attached hydrogens (primary N) is 1. The molecule has 0 unspecified atom stereocenters. The number of ether oxygens (including phenoxy) is 2. The maximum atomic E-state index is 10.8. The predicted molar refractivity (Wildman–Crippen MR) is 72.4 cm³/mol. The highest BCUT2D eigenvalue weighted by Crippen LogP contribution is 2.17. The highest BCUT2D eigenvalue weighted by Gasteiger charge is 2.09. The topological polar surface area (TPSA) is 76.8 Å². The molecule has 6 nitrogen and oxygen atoms in total. The van der Waals surface area contributed by atoms with E-state index in [9.17, 15) is 4.79 Å². The standard InChI is InChI=1S/C13H19N3O3/c14-13(17)15-11-2-1-3-12(10-11)19-9-6-16-4-7-18-8-5-16/h1-3,10H,4-9H2,(H3,14,15,17). The molecule has 19 heavy (non-hydrogen) atoms. The molecule has 1 fully saturated rings. The Morgan fingerprint density at radius 1 is 1.42 bits per heavy atom. The third kappa shape index (κ3) is 4.76. The summed E-state index contributed by atoms with van der Waals surface area (Å²) in [4.78, 5) is 13.1. The molecule has 0 atom stereocenters. The second kappa shape index (κ2) is 6.96. The van der Waals surface area contributed by atoms with Gasteiger partial charge in [0.2, 0.25) is 0 Å². The molecule has 0 spiro atoms. The van der Waals surface area contributed by atoms with Crippen molar-refractivity contribution in [3.05, 3.63) is 24.3 Å². The average molecular weight is 265 g/mol. The van der Waals surface area contributed by atoms with E-state index in [1.807, 2.05) is 12.1 Å². The summed E-state index contributed by atoms with van der Waals surface area (Å²) in [7, 11) is 0. The highest BCUT2D eigenvalue weighted by molar-refractivity contribution is 5.87. The molecule has 0 aliphatic carbocycles. The van der Waals surface area contributed by atoms with Gasteiger partial charge in [0.25, 0.3) is 0 Å². The Kier molecular flexibility index (Phi) is 5.00. The molecule has 1 saturated heterocycles. The van der Waals surface area contributed by atoms with Crippen molar-refractivity contribution in [2.24, 2.45) is 5.73 Å². The minimum absolute atomic E-state index is 0.578. The first-order chi connectivity index (χ1) is 9.24. The van der Waals surface area contributed by atoms with Gasteiger partial charge in [0.05, 0.1) is 13.2 Å². The Morgan fingerprint density at radius 3 is 2.95 bits per heavy atom. The normalized spacial score (nSPS) is 16.0. The number of carbonyl (C=O) groups excluding carboxylic acids is 1. The Balaban J connectivity index is 1.77. The van der Waals surface area contributed by atoms with Crippen LogP contribution in [0.15, 0.2) is 24.3 Å². The Morgan fingerprint density at radius 2 is 2.21 bits per heavy atom. The fourth-order valence-electron chi connectivity index (χ4n) is 1.92. The van der Waals surface area contributed by atoms with Crippen LogP contribution in [0, 0.1) is 0 Å². The maximum Gasteiger partial charge on any atom is 0.316 e.